The SMILES string of the molecule is CSN1CCn2c(nc3c(F)c(Cl)cnc32)C1. The van der Waals surface area contributed by atoms with Crippen LogP contribution < -0.4 is 0 Å². The zero-order chi connectivity index (χ0) is 12.0. The zero-order valence-electron chi connectivity index (χ0n) is 9.15. The van der Waals surface area contributed by atoms with E-state index in [0.717, 1.165) is 18.9 Å². The predicted molar refractivity (Wildman–Crippen MR) is 66.4 cm³/mol. The summed E-state index contributed by atoms with van der Waals surface area (Å²) in [5.41, 5.74) is 0.859. The van der Waals surface area contributed by atoms with Gasteiger partial charge in [-0.05, 0) is 6.26 Å². The summed E-state index contributed by atoms with van der Waals surface area (Å²) < 4.78 is 17.9. The molecule has 7 heteroatoms. The fourth-order valence-electron chi connectivity index (χ4n) is 2.01. The number of imidazole rings is 1. The summed E-state index contributed by atoms with van der Waals surface area (Å²) in [6.45, 7) is 2.39. The van der Waals surface area contributed by atoms with Gasteiger partial charge < -0.3 is 4.57 Å². The van der Waals surface area contributed by atoms with Crippen molar-refractivity contribution in [3.63, 3.8) is 0 Å². The van der Waals surface area contributed by atoms with Gasteiger partial charge in [-0.2, -0.15) is 0 Å². The van der Waals surface area contributed by atoms with Crippen molar-refractivity contribution in [1.29, 1.82) is 0 Å². The highest BCUT2D eigenvalue weighted by Crippen LogP contribution is 2.26. The van der Waals surface area contributed by atoms with Crippen molar-refractivity contribution in [2.45, 2.75) is 13.1 Å². The van der Waals surface area contributed by atoms with Gasteiger partial charge in [-0.3, -0.25) is 0 Å². The van der Waals surface area contributed by atoms with Crippen LogP contribution in [0.15, 0.2) is 6.20 Å². The number of aromatic nitrogens is 3. The highest BCUT2D eigenvalue weighted by Gasteiger charge is 2.22. The lowest BCUT2D eigenvalue weighted by Gasteiger charge is -2.24. The van der Waals surface area contributed by atoms with Gasteiger partial charge in [0.15, 0.2) is 11.5 Å². The van der Waals surface area contributed by atoms with Gasteiger partial charge >= 0.3 is 0 Å². The molecule has 0 atom stereocenters. The van der Waals surface area contributed by atoms with E-state index >= 15 is 0 Å². The number of hydrogen-bond acceptors (Lipinski definition) is 4. The van der Waals surface area contributed by atoms with Crippen molar-refractivity contribution >= 4 is 34.7 Å². The molecule has 3 heterocycles. The fraction of sp³-hybridized carbons (Fsp3) is 0.400. The van der Waals surface area contributed by atoms with E-state index < -0.39 is 5.82 Å². The number of nitrogens with zero attached hydrogens (tertiary/aromatic N) is 4. The quantitative estimate of drug-likeness (QED) is 0.746. The van der Waals surface area contributed by atoms with E-state index in [-0.39, 0.29) is 10.5 Å². The van der Waals surface area contributed by atoms with E-state index in [2.05, 4.69) is 14.3 Å². The first-order chi connectivity index (χ1) is 8.20. The Morgan fingerprint density at radius 3 is 3.06 bits per heavy atom. The molecule has 1 aliphatic rings. The van der Waals surface area contributed by atoms with Crippen LogP contribution in [0.5, 0.6) is 0 Å². The molecule has 0 amide bonds. The summed E-state index contributed by atoms with van der Waals surface area (Å²) in [5, 5.41) is 0.0228. The molecule has 2 aromatic rings. The Kier molecular flexibility index (Phi) is 2.72. The minimum atomic E-state index is -0.478. The Morgan fingerprint density at radius 1 is 1.47 bits per heavy atom. The summed E-state index contributed by atoms with van der Waals surface area (Å²) >= 11 is 7.37. The van der Waals surface area contributed by atoms with Crippen molar-refractivity contribution in [3.05, 3.63) is 22.9 Å². The van der Waals surface area contributed by atoms with E-state index in [1.165, 1.54) is 6.20 Å². The fourth-order valence-corrected chi connectivity index (χ4v) is 2.66. The highest BCUT2D eigenvalue weighted by molar-refractivity contribution is 7.96. The molecule has 1 aliphatic heterocycles. The molecule has 0 saturated heterocycles. The van der Waals surface area contributed by atoms with Gasteiger partial charge in [0.25, 0.3) is 0 Å². The van der Waals surface area contributed by atoms with Crippen LogP contribution in [-0.4, -0.2) is 31.6 Å². The van der Waals surface area contributed by atoms with Crippen LogP contribution >= 0.6 is 23.5 Å². The number of hydrogen-bond donors (Lipinski definition) is 0. The lowest BCUT2D eigenvalue weighted by Crippen LogP contribution is -2.28. The average Bonchev–Trinajstić information content (AvgIpc) is 2.72. The molecule has 3 rings (SSSR count). The molecule has 2 aromatic heterocycles. The third kappa shape index (κ3) is 1.71. The van der Waals surface area contributed by atoms with Gasteiger partial charge in [-0.15, -0.1) is 0 Å². The minimum Gasteiger partial charge on any atom is -0.310 e. The molecule has 0 N–H and O–H groups in total. The van der Waals surface area contributed by atoms with Crippen molar-refractivity contribution < 1.29 is 4.39 Å². The highest BCUT2D eigenvalue weighted by atomic mass is 35.5. The second-order valence-electron chi connectivity index (χ2n) is 3.82. The first-order valence-electron chi connectivity index (χ1n) is 5.19. The molecule has 17 heavy (non-hydrogen) atoms. The first-order valence-corrected chi connectivity index (χ1v) is 6.75. The van der Waals surface area contributed by atoms with Gasteiger partial charge in [0.1, 0.15) is 11.3 Å². The third-order valence-corrected chi connectivity index (χ3v) is 3.98. The number of rotatable bonds is 1. The Bertz CT molecular complexity index is 585. The van der Waals surface area contributed by atoms with Gasteiger partial charge in [0.05, 0.1) is 17.8 Å². The number of fused-ring (bicyclic) bond motifs is 3. The minimum absolute atomic E-state index is 0.0228. The van der Waals surface area contributed by atoms with Gasteiger partial charge in [0, 0.05) is 13.1 Å². The standard InChI is InChI=1S/C10H10ClFN4S/c1-17-15-2-3-16-7(5-15)14-9-8(12)6(11)4-13-10(9)16/h4H,2-3,5H2,1H3. The van der Waals surface area contributed by atoms with Gasteiger partial charge in [-0.25, -0.2) is 18.7 Å². The predicted octanol–water partition coefficient (Wildman–Crippen LogP) is 2.32. The third-order valence-electron chi connectivity index (χ3n) is 2.89. The summed E-state index contributed by atoms with van der Waals surface area (Å²) in [7, 11) is 0. The van der Waals surface area contributed by atoms with E-state index in [0.29, 0.717) is 12.2 Å². The van der Waals surface area contributed by atoms with Gasteiger partial charge in [0.2, 0.25) is 0 Å². The van der Waals surface area contributed by atoms with Crippen molar-refractivity contribution in [2.24, 2.45) is 0 Å². The first kappa shape index (κ1) is 11.3. The van der Waals surface area contributed by atoms with E-state index in [4.69, 9.17) is 11.6 Å². The van der Waals surface area contributed by atoms with Crippen LogP contribution in [0.1, 0.15) is 5.82 Å². The maximum atomic E-state index is 13.8. The number of halogens is 2. The molecule has 0 aromatic carbocycles. The van der Waals surface area contributed by atoms with Crippen LogP contribution in [0.3, 0.4) is 0 Å². The molecule has 0 saturated carbocycles. The van der Waals surface area contributed by atoms with Gasteiger partial charge in [-0.1, -0.05) is 23.5 Å². The van der Waals surface area contributed by atoms with E-state index in [1.54, 1.807) is 11.9 Å². The molecular weight excluding hydrogens is 263 g/mol. The molecule has 0 unspecified atom stereocenters. The summed E-state index contributed by atoms with van der Waals surface area (Å²) in [5.74, 6) is 0.364. The Labute approximate surface area is 107 Å². The largest absolute Gasteiger partial charge is 0.310 e. The van der Waals surface area contributed by atoms with Crippen LogP contribution in [0.2, 0.25) is 5.02 Å². The van der Waals surface area contributed by atoms with Crippen molar-refractivity contribution in [3.8, 4) is 0 Å². The smallest absolute Gasteiger partial charge is 0.172 e. The van der Waals surface area contributed by atoms with Crippen LogP contribution in [0.25, 0.3) is 11.2 Å². The second kappa shape index (κ2) is 4.12. The van der Waals surface area contributed by atoms with Crippen molar-refractivity contribution in [2.75, 3.05) is 12.8 Å². The summed E-state index contributed by atoms with van der Waals surface area (Å²) in [6, 6.07) is 0. The molecule has 0 bridgehead atoms. The van der Waals surface area contributed by atoms with Crippen LogP contribution in [-0.2, 0) is 13.1 Å². The molecule has 90 valence electrons. The summed E-state index contributed by atoms with van der Waals surface area (Å²) in [4.78, 5) is 8.47. The van der Waals surface area contributed by atoms with Crippen LogP contribution in [0, 0.1) is 5.82 Å². The van der Waals surface area contributed by atoms with E-state index in [9.17, 15) is 4.39 Å². The van der Waals surface area contributed by atoms with Crippen LogP contribution in [0.4, 0.5) is 4.39 Å². The molecule has 0 spiro atoms. The number of pyridine rings is 1. The molecule has 0 fully saturated rings. The zero-order valence-corrected chi connectivity index (χ0v) is 10.7. The monoisotopic (exact) mass is 272 g/mol. The topological polar surface area (TPSA) is 34.0 Å². The molecule has 0 radical (unpaired) electrons. The molecular formula is C10H10ClFN4S. The normalized spacial score (nSPS) is 16.4. The lowest BCUT2D eigenvalue weighted by atomic mass is 10.4. The lowest BCUT2D eigenvalue weighted by molar-refractivity contribution is 0.373. The maximum absolute atomic E-state index is 13.8. The summed E-state index contributed by atoms with van der Waals surface area (Å²) in [6.07, 6.45) is 3.36. The Balaban J connectivity index is 2.18. The Hall–Kier alpha value is -0.850. The molecule has 4 nitrogen and oxygen atoms in total. The maximum Gasteiger partial charge on any atom is 0.172 e. The van der Waals surface area contributed by atoms with Crippen molar-refractivity contribution in [1.82, 2.24) is 18.8 Å². The average molecular weight is 273 g/mol. The van der Waals surface area contributed by atoms with E-state index in [1.807, 2.05) is 10.8 Å². The second-order valence-corrected chi connectivity index (χ2v) is 5.11. The molecule has 0 aliphatic carbocycles. The Morgan fingerprint density at radius 2 is 2.29 bits per heavy atom.